The Labute approximate surface area is 121 Å². The number of anilines is 1. The topological polar surface area (TPSA) is 117 Å². The molecule has 1 aromatic heterocycles. The lowest BCUT2D eigenvalue weighted by Gasteiger charge is -2.30. The number of nitro groups is 1. The van der Waals surface area contributed by atoms with Crippen LogP contribution in [0, 0.1) is 21.4 Å². The lowest BCUT2D eigenvalue weighted by molar-refractivity contribution is -0.385. The maximum absolute atomic E-state index is 11.1. The van der Waals surface area contributed by atoms with Gasteiger partial charge in [0.25, 0.3) is 5.88 Å². The third kappa shape index (κ3) is 3.55. The zero-order chi connectivity index (χ0) is 15.2. The van der Waals surface area contributed by atoms with Gasteiger partial charge < -0.3 is 10.1 Å². The normalized spacial score (nSPS) is 16.2. The van der Waals surface area contributed by atoms with Crippen LogP contribution < -0.4 is 10.1 Å². The quantitative estimate of drug-likeness (QED) is 0.481. The van der Waals surface area contributed by atoms with Crippen molar-refractivity contribution in [3.05, 3.63) is 16.4 Å². The second kappa shape index (κ2) is 6.81. The lowest BCUT2D eigenvalue weighted by atomic mass is 10.1. The first-order chi connectivity index (χ1) is 10.2. The van der Waals surface area contributed by atoms with E-state index in [2.05, 4.69) is 21.4 Å². The molecule has 1 N–H and O–H groups in total. The average molecular weight is 292 g/mol. The summed E-state index contributed by atoms with van der Waals surface area (Å²) in [5.41, 5.74) is -0.251. The highest BCUT2D eigenvalue weighted by Crippen LogP contribution is 2.31. The monoisotopic (exact) mass is 292 g/mol. The highest BCUT2D eigenvalue weighted by atomic mass is 16.6. The van der Waals surface area contributed by atoms with Crippen LogP contribution in [0.3, 0.4) is 0 Å². The molecule has 0 bridgehead atoms. The van der Waals surface area contributed by atoms with Crippen molar-refractivity contribution in [2.24, 2.45) is 0 Å². The number of methoxy groups -OCH3 is 1. The number of hydrogen-bond acceptors (Lipinski definition) is 8. The lowest BCUT2D eigenvalue weighted by Crippen LogP contribution is -2.39. The number of hydrogen-bond donors (Lipinski definition) is 1. The number of likely N-dealkylation sites (tertiary alicyclic amines) is 1. The maximum Gasteiger partial charge on any atom is 0.372 e. The van der Waals surface area contributed by atoms with Gasteiger partial charge in [0, 0.05) is 19.1 Å². The average Bonchev–Trinajstić information content (AvgIpc) is 2.49. The minimum Gasteiger partial charge on any atom is -0.476 e. The summed E-state index contributed by atoms with van der Waals surface area (Å²) in [6, 6.07) is 2.20. The van der Waals surface area contributed by atoms with Crippen LogP contribution in [0.5, 0.6) is 5.88 Å². The van der Waals surface area contributed by atoms with Gasteiger partial charge in [0.05, 0.1) is 24.6 Å². The molecular weight excluding hydrogens is 276 g/mol. The van der Waals surface area contributed by atoms with Crippen LogP contribution in [0.2, 0.25) is 0 Å². The summed E-state index contributed by atoms with van der Waals surface area (Å²) in [6.45, 7) is 1.97. The van der Waals surface area contributed by atoms with Gasteiger partial charge in [0.2, 0.25) is 5.82 Å². The van der Waals surface area contributed by atoms with Gasteiger partial charge in [-0.15, -0.1) is 0 Å². The second-order valence-electron chi connectivity index (χ2n) is 4.69. The fraction of sp³-hybridized carbons (Fsp3) is 0.583. The van der Waals surface area contributed by atoms with E-state index in [0.29, 0.717) is 6.54 Å². The van der Waals surface area contributed by atoms with Crippen molar-refractivity contribution in [1.29, 1.82) is 5.26 Å². The fourth-order valence-corrected chi connectivity index (χ4v) is 2.31. The first-order valence-electron chi connectivity index (χ1n) is 6.55. The third-order valence-corrected chi connectivity index (χ3v) is 3.39. The largest absolute Gasteiger partial charge is 0.476 e. The van der Waals surface area contributed by atoms with Crippen molar-refractivity contribution in [1.82, 2.24) is 14.9 Å². The van der Waals surface area contributed by atoms with Crippen molar-refractivity contribution in [3.8, 4) is 11.9 Å². The second-order valence-corrected chi connectivity index (χ2v) is 4.69. The van der Waals surface area contributed by atoms with Crippen LogP contribution in [0.25, 0.3) is 0 Å². The molecule has 2 rings (SSSR count). The van der Waals surface area contributed by atoms with Gasteiger partial charge >= 0.3 is 5.69 Å². The van der Waals surface area contributed by atoms with E-state index in [1.807, 2.05) is 4.90 Å². The van der Waals surface area contributed by atoms with Crippen molar-refractivity contribution >= 4 is 11.5 Å². The predicted octanol–water partition coefficient (Wildman–Crippen LogP) is 0.793. The molecule has 0 aliphatic carbocycles. The fourth-order valence-electron chi connectivity index (χ4n) is 2.31. The van der Waals surface area contributed by atoms with Gasteiger partial charge in [0.1, 0.15) is 6.33 Å². The summed E-state index contributed by atoms with van der Waals surface area (Å²) in [6.07, 6.45) is 2.83. The molecule has 0 amide bonds. The van der Waals surface area contributed by atoms with Gasteiger partial charge in [-0.25, -0.2) is 4.98 Å². The highest BCUT2D eigenvalue weighted by Gasteiger charge is 2.27. The first-order valence-corrected chi connectivity index (χ1v) is 6.55. The molecular formula is C12H16N6O3. The summed E-state index contributed by atoms with van der Waals surface area (Å²) in [5.74, 6) is 0.116. The van der Waals surface area contributed by atoms with Gasteiger partial charge in [0.15, 0.2) is 0 Å². The maximum atomic E-state index is 11.1. The summed E-state index contributed by atoms with van der Waals surface area (Å²) >= 11 is 0. The number of rotatable bonds is 5. The van der Waals surface area contributed by atoms with Gasteiger partial charge in [-0.05, 0) is 12.8 Å². The minimum absolute atomic E-state index is 0.0561. The molecule has 0 atom stereocenters. The van der Waals surface area contributed by atoms with E-state index in [0.717, 1.165) is 25.9 Å². The van der Waals surface area contributed by atoms with E-state index >= 15 is 0 Å². The Hall–Kier alpha value is -2.47. The van der Waals surface area contributed by atoms with Crippen molar-refractivity contribution in [2.45, 2.75) is 18.9 Å². The number of ether oxygens (including phenoxy) is 1. The number of aromatic nitrogens is 2. The Morgan fingerprint density at radius 2 is 2.29 bits per heavy atom. The molecule has 9 heteroatoms. The van der Waals surface area contributed by atoms with Crippen LogP contribution in [0.15, 0.2) is 6.33 Å². The van der Waals surface area contributed by atoms with Gasteiger partial charge in [-0.3, -0.25) is 15.0 Å². The molecule has 1 aromatic rings. The summed E-state index contributed by atoms with van der Waals surface area (Å²) < 4.78 is 4.91. The van der Waals surface area contributed by atoms with Crippen LogP contribution >= 0.6 is 0 Å². The smallest absolute Gasteiger partial charge is 0.372 e. The van der Waals surface area contributed by atoms with E-state index in [9.17, 15) is 10.1 Å². The van der Waals surface area contributed by atoms with Gasteiger partial charge in [-0.1, -0.05) is 0 Å². The summed E-state index contributed by atoms with van der Waals surface area (Å²) in [5, 5.41) is 22.9. The molecule has 112 valence electrons. The molecule has 1 aliphatic heterocycles. The first kappa shape index (κ1) is 14.9. The highest BCUT2D eigenvalue weighted by molar-refractivity contribution is 5.61. The van der Waals surface area contributed by atoms with E-state index < -0.39 is 4.92 Å². The molecule has 1 saturated heterocycles. The molecule has 21 heavy (non-hydrogen) atoms. The standard InChI is InChI=1S/C12H16N6O3/c1-21-12-10(18(19)20)11(14-8-15-12)16-9-2-5-17(6-3-9)7-4-13/h8-9H,2-3,5-7H2,1H3,(H,14,15,16). The third-order valence-electron chi connectivity index (χ3n) is 3.39. The number of nitriles is 1. The Morgan fingerprint density at radius 3 is 2.86 bits per heavy atom. The van der Waals surface area contributed by atoms with Gasteiger partial charge in [-0.2, -0.15) is 10.2 Å². The zero-order valence-electron chi connectivity index (χ0n) is 11.7. The number of nitrogens with zero attached hydrogens (tertiary/aromatic N) is 5. The molecule has 0 radical (unpaired) electrons. The van der Waals surface area contributed by atoms with E-state index in [-0.39, 0.29) is 23.4 Å². The molecule has 0 spiro atoms. The SMILES string of the molecule is COc1ncnc(NC2CCN(CC#N)CC2)c1[N+](=O)[O-]. The Kier molecular flexibility index (Phi) is 4.84. The summed E-state index contributed by atoms with van der Waals surface area (Å²) in [7, 11) is 1.33. The number of piperidine rings is 1. The molecule has 1 fully saturated rings. The summed E-state index contributed by atoms with van der Waals surface area (Å²) in [4.78, 5) is 20.3. The zero-order valence-corrected chi connectivity index (χ0v) is 11.7. The van der Waals surface area contributed by atoms with Crippen LogP contribution in [-0.4, -0.2) is 52.6 Å². The minimum atomic E-state index is -0.550. The van der Waals surface area contributed by atoms with E-state index in [1.165, 1.54) is 13.4 Å². The van der Waals surface area contributed by atoms with E-state index in [4.69, 9.17) is 10.00 Å². The molecule has 9 nitrogen and oxygen atoms in total. The van der Waals surface area contributed by atoms with E-state index in [1.54, 1.807) is 0 Å². The molecule has 1 aliphatic rings. The van der Waals surface area contributed by atoms with Crippen LogP contribution in [0.1, 0.15) is 12.8 Å². The molecule has 0 saturated carbocycles. The van der Waals surface area contributed by atoms with Crippen molar-refractivity contribution < 1.29 is 9.66 Å². The molecule has 0 unspecified atom stereocenters. The Balaban J connectivity index is 2.07. The van der Waals surface area contributed by atoms with Crippen LogP contribution in [0.4, 0.5) is 11.5 Å². The van der Waals surface area contributed by atoms with Crippen molar-refractivity contribution in [3.63, 3.8) is 0 Å². The Morgan fingerprint density at radius 1 is 1.57 bits per heavy atom. The van der Waals surface area contributed by atoms with Crippen molar-refractivity contribution in [2.75, 3.05) is 32.1 Å². The number of nitrogens with one attached hydrogen (secondary N) is 1. The Bertz CT molecular complexity index is 550. The predicted molar refractivity (Wildman–Crippen MR) is 73.9 cm³/mol. The molecule has 0 aromatic carbocycles. The van der Waals surface area contributed by atoms with Crippen LogP contribution in [-0.2, 0) is 0 Å². The molecule has 2 heterocycles.